The Labute approximate surface area is 128 Å². The maximum absolute atomic E-state index is 4.33. The smallest absolute Gasteiger partial charge is 0.0372 e. The molecular formula is C17H19BrN2. The van der Waals surface area contributed by atoms with E-state index in [1.807, 2.05) is 13.1 Å². The van der Waals surface area contributed by atoms with Crippen molar-refractivity contribution in [2.24, 2.45) is 0 Å². The fraction of sp³-hybridized carbons (Fsp3) is 0.353. The summed E-state index contributed by atoms with van der Waals surface area (Å²) in [6.45, 7) is 2.94. The highest BCUT2D eigenvalue weighted by Crippen LogP contribution is 2.40. The van der Waals surface area contributed by atoms with E-state index in [9.17, 15) is 0 Å². The van der Waals surface area contributed by atoms with Gasteiger partial charge in [0.25, 0.3) is 0 Å². The number of hydrogen-bond acceptors (Lipinski definition) is 2. The lowest BCUT2D eigenvalue weighted by atomic mass is 9.76. The van der Waals surface area contributed by atoms with Crippen molar-refractivity contribution in [3.8, 4) is 0 Å². The Hall–Kier alpha value is -1.19. The first-order valence-corrected chi connectivity index (χ1v) is 7.91. The zero-order valence-corrected chi connectivity index (χ0v) is 13.2. The van der Waals surface area contributed by atoms with Crippen molar-refractivity contribution in [1.82, 2.24) is 10.3 Å². The van der Waals surface area contributed by atoms with Gasteiger partial charge in [-0.15, -0.1) is 0 Å². The molecule has 1 aromatic carbocycles. The number of nitrogens with one attached hydrogen (secondary N) is 1. The Morgan fingerprint density at radius 2 is 2.00 bits per heavy atom. The van der Waals surface area contributed by atoms with Crippen LogP contribution >= 0.6 is 15.9 Å². The molecule has 1 N–H and O–H groups in total. The molecule has 3 rings (SSSR count). The number of aromatic nitrogens is 1. The summed E-state index contributed by atoms with van der Waals surface area (Å²) in [6.07, 6.45) is 4.41. The molecule has 1 fully saturated rings. The number of hydrogen-bond donors (Lipinski definition) is 1. The van der Waals surface area contributed by atoms with E-state index < -0.39 is 0 Å². The van der Waals surface area contributed by atoms with Crippen molar-refractivity contribution in [2.75, 3.05) is 0 Å². The average Bonchev–Trinajstić information content (AvgIpc) is 2.41. The second-order valence-corrected chi connectivity index (χ2v) is 6.43. The molecule has 0 bridgehead atoms. The maximum atomic E-state index is 4.33. The molecule has 0 spiro atoms. The fourth-order valence-corrected chi connectivity index (χ4v) is 3.32. The van der Waals surface area contributed by atoms with Crippen molar-refractivity contribution in [3.05, 3.63) is 63.9 Å². The van der Waals surface area contributed by atoms with E-state index in [-0.39, 0.29) is 0 Å². The lowest BCUT2D eigenvalue weighted by Gasteiger charge is -2.37. The van der Waals surface area contributed by atoms with E-state index in [1.54, 1.807) is 0 Å². The standard InChI is InChI=1S/C17H19BrN2/c1-12-6-7-13(10-19-12)11-20-15-8-14(9-15)16-4-2-3-5-17(16)18/h2-7,10,14-15,20H,8-9,11H2,1H3. The van der Waals surface area contributed by atoms with Gasteiger partial charge in [0.1, 0.15) is 0 Å². The van der Waals surface area contributed by atoms with E-state index in [2.05, 4.69) is 62.6 Å². The molecule has 1 saturated carbocycles. The molecule has 20 heavy (non-hydrogen) atoms. The Balaban J connectivity index is 1.49. The third-order valence-electron chi connectivity index (χ3n) is 4.05. The van der Waals surface area contributed by atoms with Crippen molar-refractivity contribution in [3.63, 3.8) is 0 Å². The van der Waals surface area contributed by atoms with Crippen LogP contribution in [-0.2, 0) is 6.54 Å². The van der Waals surface area contributed by atoms with Crippen molar-refractivity contribution >= 4 is 15.9 Å². The van der Waals surface area contributed by atoms with Gasteiger partial charge in [-0.3, -0.25) is 4.98 Å². The first-order chi connectivity index (χ1) is 9.72. The molecule has 104 valence electrons. The van der Waals surface area contributed by atoms with Crippen LogP contribution < -0.4 is 5.32 Å². The molecule has 1 aromatic heterocycles. The Bertz CT molecular complexity index is 574. The molecule has 0 unspecified atom stereocenters. The topological polar surface area (TPSA) is 24.9 Å². The predicted octanol–water partition coefficient (Wildman–Crippen LogP) is 4.19. The first kappa shape index (κ1) is 13.8. The molecule has 0 aliphatic heterocycles. The summed E-state index contributed by atoms with van der Waals surface area (Å²) in [4.78, 5) is 4.33. The molecule has 1 aliphatic carbocycles. The van der Waals surface area contributed by atoms with Crippen LogP contribution in [0.5, 0.6) is 0 Å². The highest BCUT2D eigenvalue weighted by molar-refractivity contribution is 9.10. The fourth-order valence-electron chi connectivity index (χ4n) is 2.71. The summed E-state index contributed by atoms with van der Waals surface area (Å²) >= 11 is 3.65. The number of halogens is 1. The SMILES string of the molecule is Cc1ccc(CNC2CC(c3ccccc3Br)C2)cn1. The molecule has 1 aliphatic rings. The quantitative estimate of drug-likeness (QED) is 0.909. The van der Waals surface area contributed by atoms with Crippen LogP contribution in [0, 0.1) is 6.92 Å². The molecule has 0 radical (unpaired) electrons. The van der Waals surface area contributed by atoms with Gasteiger partial charge in [0, 0.05) is 29.0 Å². The molecule has 1 heterocycles. The van der Waals surface area contributed by atoms with Crippen LogP contribution in [0.1, 0.15) is 35.6 Å². The minimum atomic E-state index is 0.633. The van der Waals surface area contributed by atoms with Crippen molar-refractivity contribution < 1.29 is 0 Å². The highest BCUT2D eigenvalue weighted by atomic mass is 79.9. The Morgan fingerprint density at radius 1 is 1.20 bits per heavy atom. The monoisotopic (exact) mass is 330 g/mol. The van der Waals surface area contributed by atoms with Gasteiger partial charge in [-0.05, 0) is 48.9 Å². The van der Waals surface area contributed by atoms with Crippen LogP contribution in [-0.4, -0.2) is 11.0 Å². The maximum Gasteiger partial charge on any atom is 0.0372 e. The summed E-state index contributed by atoms with van der Waals surface area (Å²) in [5.41, 5.74) is 3.79. The third kappa shape index (κ3) is 3.10. The summed E-state index contributed by atoms with van der Waals surface area (Å²) < 4.78 is 1.24. The van der Waals surface area contributed by atoms with Crippen molar-refractivity contribution in [1.29, 1.82) is 0 Å². The van der Waals surface area contributed by atoms with Gasteiger partial charge < -0.3 is 5.32 Å². The van der Waals surface area contributed by atoms with Gasteiger partial charge >= 0.3 is 0 Å². The van der Waals surface area contributed by atoms with E-state index in [4.69, 9.17) is 0 Å². The minimum absolute atomic E-state index is 0.633. The second kappa shape index (κ2) is 6.06. The van der Waals surface area contributed by atoms with Crippen LogP contribution in [0.2, 0.25) is 0 Å². The first-order valence-electron chi connectivity index (χ1n) is 7.11. The molecule has 0 amide bonds. The number of aryl methyl sites for hydroxylation is 1. The van der Waals surface area contributed by atoms with Crippen LogP contribution in [0.4, 0.5) is 0 Å². The zero-order valence-electron chi connectivity index (χ0n) is 11.6. The number of nitrogens with zero attached hydrogens (tertiary/aromatic N) is 1. The molecule has 2 nitrogen and oxygen atoms in total. The molecule has 0 atom stereocenters. The Morgan fingerprint density at radius 3 is 2.70 bits per heavy atom. The molecule has 3 heteroatoms. The van der Waals surface area contributed by atoms with E-state index >= 15 is 0 Å². The number of rotatable bonds is 4. The normalized spacial score (nSPS) is 21.5. The summed E-state index contributed by atoms with van der Waals surface area (Å²) in [6, 6.07) is 13.4. The second-order valence-electron chi connectivity index (χ2n) is 5.58. The van der Waals surface area contributed by atoms with Gasteiger partial charge in [0.15, 0.2) is 0 Å². The molecule has 0 saturated heterocycles. The van der Waals surface area contributed by atoms with Crippen LogP contribution in [0.25, 0.3) is 0 Å². The van der Waals surface area contributed by atoms with Gasteiger partial charge in [0.05, 0.1) is 0 Å². The average molecular weight is 331 g/mol. The predicted molar refractivity (Wildman–Crippen MR) is 85.7 cm³/mol. The summed E-state index contributed by atoms with van der Waals surface area (Å²) in [5, 5.41) is 3.62. The highest BCUT2D eigenvalue weighted by Gasteiger charge is 2.30. The lowest BCUT2D eigenvalue weighted by molar-refractivity contribution is 0.289. The van der Waals surface area contributed by atoms with E-state index in [0.29, 0.717) is 12.0 Å². The largest absolute Gasteiger partial charge is 0.310 e. The lowest BCUT2D eigenvalue weighted by Crippen LogP contribution is -2.39. The van der Waals surface area contributed by atoms with Gasteiger partial charge in [0.2, 0.25) is 0 Å². The molecular weight excluding hydrogens is 312 g/mol. The van der Waals surface area contributed by atoms with Crippen LogP contribution in [0.15, 0.2) is 47.1 Å². The third-order valence-corrected chi connectivity index (χ3v) is 4.77. The van der Waals surface area contributed by atoms with Gasteiger partial charge in [-0.25, -0.2) is 0 Å². The summed E-state index contributed by atoms with van der Waals surface area (Å²) in [7, 11) is 0. The zero-order chi connectivity index (χ0) is 13.9. The minimum Gasteiger partial charge on any atom is -0.310 e. The van der Waals surface area contributed by atoms with Crippen LogP contribution in [0.3, 0.4) is 0 Å². The number of pyridine rings is 1. The Kier molecular flexibility index (Phi) is 4.18. The van der Waals surface area contributed by atoms with E-state index in [1.165, 1.54) is 28.4 Å². The van der Waals surface area contributed by atoms with Gasteiger partial charge in [-0.1, -0.05) is 40.2 Å². The summed E-state index contributed by atoms with van der Waals surface area (Å²) in [5.74, 6) is 0.694. The van der Waals surface area contributed by atoms with Crippen molar-refractivity contribution in [2.45, 2.75) is 38.3 Å². The van der Waals surface area contributed by atoms with E-state index in [0.717, 1.165) is 12.2 Å². The van der Waals surface area contributed by atoms with Gasteiger partial charge in [-0.2, -0.15) is 0 Å². The number of benzene rings is 1. The molecule has 2 aromatic rings.